The first kappa shape index (κ1) is 16.8. The number of carbonyl (C=O) groups excluding carboxylic acids is 1. The average Bonchev–Trinajstić information content (AvgIpc) is 3.46. The van der Waals surface area contributed by atoms with Crippen molar-refractivity contribution in [3.63, 3.8) is 0 Å². The molecule has 1 saturated heterocycles. The number of imidazole rings is 1. The number of likely N-dealkylation sites (tertiary alicyclic amines) is 1. The Bertz CT molecular complexity index is 1140. The molecule has 1 N–H and O–H groups in total. The summed E-state index contributed by atoms with van der Waals surface area (Å²) in [6, 6.07) is 18.5. The topological polar surface area (TPSA) is 53.9 Å². The summed E-state index contributed by atoms with van der Waals surface area (Å²) >= 11 is 0. The SMILES string of the molecule is Cn1ccnc1C1CCN(C(=O)c2cc3ccc(-c4ccccc4)cc3[nH]2)C1. The van der Waals surface area contributed by atoms with Crippen molar-refractivity contribution in [2.75, 3.05) is 13.1 Å². The largest absolute Gasteiger partial charge is 0.351 e. The van der Waals surface area contributed by atoms with E-state index >= 15 is 0 Å². The summed E-state index contributed by atoms with van der Waals surface area (Å²) in [5, 5.41) is 1.06. The fraction of sp³-hybridized carbons (Fsp3) is 0.217. The van der Waals surface area contributed by atoms with Gasteiger partial charge >= 0.3 is 0 Å². The molecule has 0 radical (unpaired) electrons. The van der Waals surface area contributed by atoms with Crippen LogP contribution in [0.25, 0.3) is 22.0 Å². The summed E-state index contributed by atoms with van der Waals surface area (Å²) in [7, 11) is 2.01. The Morgan fingerprint density at radius 2 is 1.96 bits per heavy atom. The molecule has 0 saturated carbocycles. The molecule has 140 valence electrons. The highest BCUT2D eigenvalue weighted by molar-refractivity contribution is 5.99. The van der Waals surface area contributed by atoms with E-state index in [1.165, 1.54) is 5.56 Å². The zero-order valence-electron chi connectivity index (χ0n) is 15.8. The molecule has 1 aliphatic rings. The Balaban J connectivity index is 1.39. The Labute approximate surface area is 163 Å². The minimum absolute atomic E-state index is 0.0640. The third kappa shape index (κ3) is 2.89. The van der Waals surface area contributed by atoms with Crippen LogP contribution in [0.4, 0.5) is 0 Å². The predicted molar refractivity (Wildman–Crippen MR) is 110 cm³/mol. The first-order chi connectivity index (χ1) is 13.7. The number of hydrogen-bond acceptors (Lipinski definition) is 2. The number of fused-ring (bicyclic) bond motifs is 1. The van der Waals surface area contributed by atoms with Crippen LogP contribution in [-0.4, -0.2) is 38.4 Å². The van der Waals surface area contributed by atoms with Crippen LogP contribution in [0.5, 0.6) is 0 Å². The van der Waals surface area contributed by atoms with Gasteiger partial charge in [0, 0.05) is 49.4 Å². The van der Waals surface area contributed by atoms with Crippen molar-refractivity contribution in [3.8, 4) is 11.1 Å². The van der Waals surface area contributed by atoms with E-state index in [1.807, 2.05) is 53.2 Å². The summed E-state index contributed by atoms with van der Waals surface area (Å²) in [6.07, 6.45) is 4.73. The molecule has 3 heterocycles. The molecular formula is C23H22N4O. The molecule has 28 heavy (non-hydrogen) atoms. The van der Waals surface area contributed by atoms with Crippen molar-refractivity contribution in [2.45, 2.75) is 12.3 Å². The molecule has 1 atom stereocenters. The highest BCUT2D eigenvalue weighted by atomic mass is 16.2. The van der Waals surface area contributed by atoms with Gasteiger partial charge in [0.05, 0.1) is 0 Å². The maximum atomic E-state index is 13.0. The summed E-state index contributed by atoms with van der Waals surface area (Å²) < 4.78 is 2.05. The van der Waals surface area contributed by atoms with Gasteiger partial charge < -0.3 is 14.5 Å². The van der Waals surface area contributed by atoms with Gasteiger partial charge in [-0.05, 0) is 29.7 Å². The number of amides is 1. The molecule has 5 rings (SSSR count). The minimum Gasteiger partial charge on any atom is -0.351 e. The van der Waals surface area contributed by atoms with E-state index in [-0.39, 0.29) is 5.91 Å². The highest BCUT2D eigenvalue weighted by Gasteiger charge is 2.30. The monoisotopic (exact) mass is 370 g/mol. The predicted octanol–water partition coefficient (Wildman–Crippen LogP) is 4.20. The molecule has 2 aromatic heterocycles. The van der Waals surface area contributed by atoms with Crippen molar-refractivity contribution in [2.24, 2.45) is 7.05 Å². The van der Waals surface area contributed by atoms with Gasteiger partial charge in [0.15, 0.2) is 0 Å². The number of carbonyl (C=O) groups is 1. The van der Waals surface area contributed by atoms with Crippen LogP contribution in [-0.2, 0) is 7.05 Å². The second-order valence-electron chi connectivity index (χ2n) is 7.48. The van der Waals surface area contributed by atoms with Gasteiger partial charge in [-0.2, -0.15) is 0 Å². The maximum Gasteiger partial charge on any atom is 0.270 e. The molecule has 1 amide bonds. The fourth-order valence-corrected chi connectivity index (χ4v) is 4.15. The van der Waals surface area contributed by atoms with Gasteiger partial charge in [-0.25, -0.2) is 4.98 Å². The zero-order chi connectivity index (χ0) is 19.1. The Morgan fingerprint density at radius 3 is 2.75 bits per heavy atom. The number of hydrogen-bond donors (Lipinski definition) is 1. The van der Waals surface area contributed by atoms with E-state index in [0.29, 0.717) is 18.2 Å². The van der Waals surface area contributed by atoms with Crippen LogP contribution in [0.15, 0.2) is 67.0 Å². The Morgan fingerprint density at radius 1 is 1.11 bits per heavy atom. The van der Waals surface area contributed by atoms with Gasteiger partial charge in [0.25, 0.3) is 5.91 Å². The van der Waals surface area contributed by atoms with Gasteiger partial charge in [-0.3, -0.25) is 4.79 Å². The number of rotatable bonds is 3. The molecule has 4 aromatic rings. The quantitative estimate of drug-likeness (QED) is 0.588. The summed E-state index contributed by atoms with van der Waals surface area (Å²) in [4.78, 5) is 22.8. The molecule has 0 bridgehead atoms. The second-order valence-corrected chi connectivity index (χ2v) is 7.48. The Kier molecular flexibility index (Phi) is 4.01. The van der Waals surface area contributed by atoms with E-state index in [1.54, 1.807) is 0 Å². The number of aromatic nitrogens is 3. The highest BCUT2D eigenvalue weighted by Crippen LogP contribution is 2.28. The number of nitrogens with zero attached hydrogens (tertiary/aromatic N) is 3. The maximum absolute atomic E-state index is 13.0. The van der Waals surface area contributed by atoms with Crippen LogP contribution in [0, 0.1) is 0 Å². The van der Waals surface area contributed by atoms with Gasteiger partial charge in [0.1, 0.15) is 11.5 Å². The van der Waals surface area contributed by atoms with E-state index < -0.39 is 0 Å². The standard InChI is InChI=1S/C23H22N4O/c1-26-12-10-24-22(26)19-9-11-27(15-19)23(28)21-14-18-8-7-17(13-20(18)25-21)16-5-3-2-4-6-16/h2-8,10,12-14,19,25H,9,11,15H2,1H3. The minimum atomic E-state index is 0.0640. The van der Waals surface area contributed by atoms with E-state index in [4.69, 9.17) is 0 Å². The van der Waals surface area contributed by atoms with Crippen LogP contribution in [0.3, 0.4) is 0 Å². The lowest BCUT2D eigenvalue weighted by Gasteiger charge is -2.15. The third-order valence-corrected chi connectivity index (χ3v) is 5.66. The average molecular weight is 370 g/mol. The number of aryl methyl sites for hydroxylation is 1. The van der Waals surface area contributed by atoms with Gasteiger partial charge in [0.2, 0.25) is 0 Å². The summed E-state index contributed by atoms with van der Waals surface area (Å²) in [5.41, 5.74) is 3.96. The Hall–Kier alpha value is -3.34. The van der Waals surface area contributed by atoms with Crippen molar-refractivity contribution in [3.05, 3.63) is 78.5 Å². The third-order valence-electron chi connectivity index (χ3n) is 5.66. The lowest BCUT2D eigenvalue weighted by atomic mass is 10.0. The van der Waals surface area contributed by atoms with E-state index in [2.05, 4.69) is 40.3 Å². The number of H-pyrrole nitrogens is 1. The molecule has 5 nitrogen and oxygen atoms in total. The van der Waals surface area contributed by atoms with Crippen LogP contribution >= 0.6 is 0 Å². The molecule has 1 fully saturated rings. The number of aromatic amines is 1. The molecular weight excluding hydrogens is 348 g/mol. The molecule has 0 spiro atoms. The molecule has 1 unspecified atom stereocenters. The molecule has 5 heteroatoms. The van der Waals surface area contributed by atoms with Crippen LogP contribution in [0.1, 0.15) is 28.7 Å². The first-order valence-corrected chi connectivity index (χ1v) is 9.64. The smallest absolute Gasteiger partial charge is 0.270 e. The van der Waals surface area contributed by atoms with Gasteiger partial charge in [-0.1, -0.05) is 42.5 Å². The molecule has 0 aliphatic carbocycles. The summed E-state index contributed by atoms with van der Waals surface area (Å²) in [5.74, 6) is 1.42. The van der Waals surface area contributed by atoms with E-state index in [9.17, 15) is 4.79 Å². The van der Waals surface area contributed by atoms with E-state index in [0.717, 1.165) is 35.3 Å². The first-order valence-electron chi connectivity index (χ1n) is 9.64. The summed E-state index contributed by atoms with van der Waals surface area (Å²) in [6.45, 7) is 1.48. The van der Waals surface area contributed by atoms with Crippen molar-refractivity contribution >= 4 is 16.8 Å². The van der Waals surface area contributed by atoms with Crippen molar-refractivity contribution in [1.82, 2.24) is 19.4 Å². The molecule has 1 aliphatic heterocycles. The zero-order valence-corrected chi connectivity index (χ0v) is 15.8. The van der Waals surface area contributed by atoms with Crippen molar-refractivity contribution in [1.29, 1.82) is 0 Å². The molecule has 2 aromatic carbocycles. The van der Waals surface area contributed by atoms with Crippen molar-refractivity contribution < 1.29 is 4.79 Å². The number of benzene rings is 2. The second kappa shape index (κ2) is 6.68. The van der Waals surface area contributed by atoms with Crippen LogP contribution in [0.2, 0.25) is 0 Å². The lowest BCUT2D eigenvalue weighted by Crippen LogP contribution is -2.28. The normalized spacial score (nSPS) is 16.8. The number of nitrogens with one attached hydrogen (secondary N) is 1. The van der Waals surface area contributed by atoms with Gasteiger partial charge in [-0.15, -0.1) is 0 Å². The fourth-order valence-electron chi connectivity index (χ4n) is 4.15. The lowest BCUT2D eigenvalue weighted by molar-refractivity contribution is 0.0785. The van der Waals surface area contributed by atoms with Crippen LogP contribution < -0.4 is 0 Å².